The Balaban J connectivity index is 2.21. The van der Waals surface area contributed by atoms with Crippen molar-refractivity contribution in [2.45, 2.75) is 52.2 Å². The van der Waals surface area contributed by atoms with Crippen molar-refractivity contribution in [3.63, 3.8) is 0 Å². The number of nitrogens with zero attached hydrogens (tertiary/aromatic N) is 1. The van der Waals surface area contributed by atoms with Crippen LogP contribution in [0.3, 0.4) is 0 Å². The van der Waals surface area contributed by atoms with E-state index in [-0.39, 0.29) is 18.0 Å². The van der Waals surface area contributed by atoms with Gasteiger partial charge in [0.25, 0.3) is 0 Å². The summed E-state index contributed by atoms with van der Waals surface area (Å²) in [5.74, 6) is -0.179. The molecule has 1 fully saturated rings. The molecule has 3 nitrogen and oxygen atoms in total. The number of hydrogen-bond acceptors (Lipinski definition) is 3. The molecule has 0 spiro atoms. The normalized spacial score (nSPS) is 20.6. The zero-order valence-electron chi connectivity index (χ0n) is 13.4. The summed E-state index contributed by atoms with van der Waals surface area (Å²) in [6.45, 7) is 8.49. The van der Waals surface area contributed by atoms with Crippen molar-refractivity contribution in [1.82, 2.24) is 0 Å². The highest BCUT2D eigenvalue weighted by molar-refractivity contribution is 5.57. The van der Waals surface area contributed by atoms with Crippen LogP contribution in [0, 0.1) is 12.7 Å². The van der Waals surface area contributed by atoms with Gasteiger partial charge in [0.05, 0.1) is 6.10 Å². The fourth-order valence-electron chi connectivity index (χ4n) is 2.90. The number of halogens is 1. The summed E-state index contributed by atoms with van der Waals surface area (Å²) >= 11 is 0. The lowest BCUT2D eigenvalue weighted by atomic mass is 10.00. The molecule has 1 unspecified atom stereocenters. The molecule has 0 radical (unpaired) electrons. The molecule has 1 heterocycles. The second-order valence-electron chi connectivity index (χ2n) is 6.03. The molecule has 1 aromatic carbocycles. The molecule has 2 rings (SSSR count). The summed E-state index contributed by atoms with van der Waals surface area (Å²) in [6.07, 6.45) is 3.51. The maximum absolute atomic E-state index is 13.8. The van der Waals surface area contributed by atoms with E-state index in [0.717, 1.165) is 50.2 Å². The number of piperidine rings is 1. The molecule has 4 heteroatoms. The van der Waals surface area contributed by atoms with Gasteiger partial charge in [0.2, 0.25) is 0 Å². The SMILES string of the molecule is CCCOC1CCCN(c2cc(C)c(F)cc2[C@@H](C)N)C1. The fourth-order valence-corrected chi connectivity index (χ4v) is 2.90. The minimum absolute atomic E-state index is 0.174. The van der Waals surface area contributed by atoms with Crippen LogP contribution in [0.1, 0.15) is 50.3 Å². The van der Waals surface area contributed by atoms with E-state index in [1.165, 1.54) is 0 Å². The van der Waals surface area contributed by atoms with Crippen molar-refractivity contribution in [3.05, 3.63) is 29.1 Å². The van der Waals surface area contributed by atoms with Crippen LogP contribution in [0.25, 0.3) is 0 Å². The van der Waals surface area contributed by atoms with Crippen LogP contribution in [0.5, 0.6) is 0 Å². The van der Waals surface area contributed by atoms with Crippen LogP contribution in [0.4, 0.5) is 10.1 Å². The van der Waals surface area contributed by atoms with E-state index in [1.54, 1.807) is 13.0 Å². The molecular formula is C17H27FN2O. The van der Waals surface area contributed by atoms with Gasteiger partial charge in [-0.15, -0.1) is 0 Å². The standard InChI is InChI=1S/C17H27FN2O/c1-4-8-21-14-6-5-7-20(11-14)17-9-12(2)16(18)10-15(17)13(3)19/h9-10,13-14H,4-8,11,19H2,1-3H3/t13-,14?/m1/s1. The number of benzene rings is 1. The lowest BCUT2D eigenvalue weighted by Gasteiger charge is -2.36. The molecule has 2 atom stereocenters. The van der Waals surface area contributed by atoms with Gasteiger partial charge in [0.1, 0.15) is 5.82 Å². The first-order valence-electron chi connectivity index (χ1n) is 7.95. The molecule has 0 saturated carbocycles. The molecular weight excluding hydrogens is 267 g/mol. The van der Waals surface area contributed by atoms with E-state index < -0.39 is 0 Å². The van der Waals surface area contributed by atoms with Gasteiger partial charge >= 0.3 is 0 Å². The predicted molar refractivity (Wildman–Crippen MR) is 85.2 cm³/mol. The molecule has 118 valence electrons. The van der Waals surface area contributed by atoms with Crippen molar-refractivity contribution in [2.75, 3.05) is 24.6 Å². The van der Waals surface area contributed by atoms with Crippen LogP contribution in [0.2, 0.25) is 0 Å². The zero-order valence-corrected chi connectivity index (χ0v) is 13.4. The molecule has 0 aliphatic carbocycles. The average Bonchev–Trinajstić information content (AvgIpc) is 2.47. The summed E-state index contributed by atoms with van der Waals surface area (Å²) in [7, 11) is 0. The lowest BCUT2D eigenvalue weighted by Crippen LogP contribution is -2.40. The van der Waals surface area contributed by atoms with E-state index in [2.05, 4.69) is 11.8 Å². The summed E-state index contributed by atoms with van der Waals surface area (Å²) in [5, 5.41) is 0. The van der Waals surface area contributed by atoms with Gasteiger partial charge in [-0.05, 0) is 56.4 Å². The molecule has 0 bridgehead atoms. The number of hydrogen-bond donors (Lipinski definition) is 1. The number of ether oxygens (including phenoxy) is 1. The van der Waals surface area contributed by atoms with E-state index in [0.29, 0.717) is 5.56 Å². The third-order valence-corrected chi connectivity index (χ3v) is 4.08. The van der Waals surface area contributed by atoms with Gasteiger partial charge in [0.15, 0.2) is 0 Å². The summed E-state index contributed by atoms with van der Waals surface area (Å²) < 4.78 is 19.7. The first-order valence-corrected chi connectivity index (χ1v) is 7.95. The van der Waals surface area contributed by atoms with Gasteiger partial charge in [-0.2, -0.15) is 0 Å². The van der Waals surface area contributed by atoms with E-state index in [9.17, 15) is 4.39 Å². The van der Waals surface area contributed by atoms with Crippen LogP contribution in [-0.2, 0) is 4.74 Å². The number of anilines is 1. The summed E-state index contributed by atoms with van der Waals surface area (Å²) in [5.41, 5.74) is 8.65. The second kappa shape index (κ2) is 7.23. The molecule has 0 amide bonds. The highest BCUT2D eigenvalue weighted by Crippen LogP contribution is 2.31. The van der Waals surface area contributed by atoms with Crippen LogP contribution in [-0.4, -0.2) is 25.8 Å². The summed E-state index contributed by atoms with van der Waals surface area (Å²) in [6, 6.07) is 3.34. The van der Waals surface area contributed by atoms with Crippen LogP contribution >= 0.6 is 0 Å². The first kappa shape index (κ1) is 16.2. The maximum atomic E-state index is 13.8. The minimum Gasteiger partial charge on any atom is -0.376 e. The Morgan fingerprint density at radius 1 is 1.48 bits per heavy atom. The number of nitrogens with two attached hydrogens (primary N) is 1. The Bertz CT molecular complexity index is 476. The highest BCUT2D eigenvalue weighted by Gasteiger charge is 2.23. The zero-order chi connectivity index (χ0) is 15.4. The van der Waals surface area contributed by atoms with Crippen LogP contribution < -0.4 is 10.6 Å². The second-order valence-corrected chi connectivity index (χ2v) is 6.03. The topological polar surface area (TPSA) is 38.5 Å². The minimum atomic E-state index is -0.179. The quantitative estimate of drug-likeness (QED) is 0.902. The van der Waals surface area contributed by atoms with Crippen molar-refractivity contribution in [1.29, 1.82) is 0 Å². The third kappa shape index (κ3) is 3.95. The van der Waals surface area contributed by atoms with Gasteiger partial charge in [-0.1, -0.05) is 6.92 Å². The fraction of sp³-hybridized carbons (Fsp3) is 0.647. The van der Waals surface area contributed by atoms with E-state index in [1.807, 2.05) is 13.0 Å². The van der Waals surface area contributed by atoms with Crippen molar-refractivity contribution in [2.24, 2.45) is 5.73 Å². The summed E-state index contributed by atoms with van der Waals surface area (Å²) in [4.78, 5) is 2.30. The molecule has 1 aliphatic rings. The van der Waals surface area contributed by atoms with Crippen molar-refractivity contribution in [3.8, 4) is 0 Å². The Labute approximate surface area is 127 Å². The monoisotopic (exact) mass is 294 g/mol. The third-order valence-electron chi connectivity index (χ3n) is 4.08. The van der Waals surface area contributed by atoms with Gasteiger partial charge in [-0.3, -0.25) is 0 Å². The van der Waals surface area contributed by atoms with E-state index >= 15 is 0 Å². The predicted octanol–water partition coefficient (Wildman–Crippen LogP) is 3.55. The average molecular weight is 294 g/mol. The van der Waals surface area contributed by atoms with Gasteiger partial charge in [-0.25, -0.2) is 4.39 Å². The van der Waals surface area contributed by atoms with Crippen molar-refractivity contribution >= 4 is 5.69 Å². The lowest BCUT2D eigenvalue weighted by molar-refractivity contribution is 0.0440. The highest BCUT2D eigenvalue weighted by atomic mass is 19.1. The number of rotatable bonds is 5. The molecule has 1 aromatic rings. The van der Waals surface area contributed by atoms with Gasteiger partial charge in [0, 0.05) is 31.4 Å². The molecule has 0 aromatic heterocycles. The molecule has 1 aliphatic heterocycles. The molecule has 1 saturated heterocycles. The molecule has 2 N–H and O–H groups in total. The van der Waals surface area contributed by atoms with Crippen LogP contribution in [0.15, 0.2) is 12.1 Å². The van der Waals surface area contributed by atoms with Gasteiger partial charge < -0.3 is 15.4 Å². The van der Waals surface area contributed by atoms with E-state index in [4.69, 9.17) is 10.5 Å². The molecule has 21 heavy (non-hydrogen) atoms. The Morgan fingerprint density at radius 2 is 2.24 bits per heavy atom. The largest absolute Gasteiger partial charge is 0.376 e. The first-order chi connectivity index (χ1) is 10.0. The maximum Gasteiger partial charge on any atom is 0.126 e. The number of aryl methyl sites for hydroxylation is 1. The Kier molecular flexibility index (Phi) is 5.59. The smallest absolute Gasteiger partial charge is 0.126 e. The Morgan fingerprint density at radius 3 is 2.90 bits per heavy atom. The van der Waals surface area contributed by atoms with Crippen molar-refractivity contribution < 1.29 is 9.13 Å². The Hall–Kier alpha value is -1.13.